The standard InChI is InChI=1S/C31H56O4Si2/c1-29(2,3)36(8,9)34-24-19-22(20-25(21-24)35-37(10,11)30(4,5)6)14-15-23-13-12-18-31(7)26(23)16-17-27(31)28(32)33/h14-15,24-27H,12-13,16-21H2,1-11H3,(H,32,33)/t24-,25-,26+,27-,31+/m1/s1. The predicted molar refractivity (Wildman–Crippen MR) is 160 cm³/mol. The van der Waals surface area contributed by atoms with Crippen molar-refractivity contribution in [3.63, 3.8) is 0 Å². The van der Waals surface area contributed by atoms with Gasteiger partial charge in [-0.1, -0.05) is 71.8 Å². The van der Waals surface area contributed by atoms with Gasteiger partial charge in [-0.05, 0) is 99.0 Å². The number of aliphatic carboxylic acids is 1. The molecule has 37 heavy (non-hydrogen) atoms. The summed E-state index contributed by atoms with van der Waals surface area (Å²) in [5.41, 5.74) is 2.81. The molecule has 0 bridgehead atoms. The van der Waals surface area contributed by atoms with Gasteiger partial charge in [-0.15, -0.1) is 0 Å². The first-order chi connectivity index (χ1) is 16.8. The lowest BCUT2D eigenvalue weighted by atomic mass is 9.63. The number of carboxylic acids is 1. The molecular weight excluding hydrogens is 493 g/mol. The molecule has 0 saturated heterocycles. The van der Waals surface area contributed by atoms with Gasteiger partial charge < -0.3 is 14.0 Å². The minimum atomic E-state index is -1.89. The van der Waals surface area contributed by atoms with Crippen molar-refractivity contribution in [3.05, 3.63) is 23.3 Å². The first-order valence-corrected chi connectivity index (χ1v) is 20.6. The van der Waals surface area contributed by atoms with Crippen LogP contribution in [0.2, 0.25) is 36.3 Å². The summed E-state index contributed by atoms with van der Waals surface area (Å²) in [5, 5.41) is 10.2. The van der Waals surface area contributed by atoms with Gasteiger partial charge in [0.1, 0.15) is 0 Å². The summed E-state index contributed by atoms with van der Waals surface area (Å²) < 4.78 is 13.9. The molecule has 0 aromatic rings. The summed E-state index contributed by atoms with van der Waals surface area (Å²) in [6.07, 6.45) is 13.2. The van der Waals surface area contributed by atoms with Crippen LogP contribution in [0.4, 0.5) is 0 Å². The van der Waals surface area contributed by atoms with Crippen molar-refractivity contribution >= 4 is 22.6 Å². The first-order valence-electron chi connectivity index (χ1n) is 14.7. The summed E-state index contributed by atoms with van der Waals surface area (Å²) in [4.78, 5) is 12.0. The number of rotatable bonds is 6. The third-order valence-electron chi connectivity index (χ3n) is 10.8. The van der Waals surface area contributed by atoms with Crippen LogP contribution in [0.1, 0.15) is 99.8 Å². The second-order valence-electron chi connectivity index (χ2n) is 15.6. The van der Waals surface area contributed by atoms with Gasteiger partial charge in [0.25, 0.3) is 0 Å². The molecule has 6 heteroatoms. The molecule has 3 rings (SSSR count). The molecular formula is C31H56O4Si2. The Balaban J connectivity index is 1.87. The van der Waals surface area contributed by atoms with Crippen LogP contribution in [0.25, 0.3) is 0 Å². The summed E-state index contributed by atoms with van der Waals surface area (Å²) in [5.74, 6) is -0.400. The lowest BCUT2D eigenvalue weighted by Crippen LogP contribution is -2.48. The van der Waals surface area contributed by atoms with Crippen molar-refractivity contribution in [1.29, 1.82) is 0 Å². The minimum absolute atomic E-state index is 0.0943. The Labute approximate surface area is 229 Å². The number of fused-ring (bicyclic) bond motifs is 1. The molecule has 0 unspecified atom stereocenters. The van der Waals surface area contributed by atoms with E-state index in [-0.39, 0.29) is 33.6 Å². The third-order valence-corrected chi connectivity index (χ3v) is 19.9. The average molecular weight is 549 g/mol. The summed E-state index contributed by atoms with van der Waals surface area (Å²) in [7, 11) is -3.78. The van der Waals surface area contributed by atoms with E-state index in [2.05, 4.69) is 86.8 Å². The lowest BCUT2D eigenvalue weighted by Gasteiger charge is -2.45. The van der Waals surface area contributed by atoms with Crippen molar-refractivity contribution in [2.45, 2.75) is 148 Å². The Hall–Kier alpha value is -0.696. The molecule has 0 aliphatic heterocycles. The number of carbonyl (C=O) groups is 1. The van der Waals surface area contributed by atoms with E-state index in [0.29, 0.717) is 5.92 Å². The Morgan fingerprint density at radius 3 is 1.89 bits per heavy atom. The van der Waals surface area contributed by atoms with E-state index in [0.717, 1.165) is 51.4 Å². The van der Waals surface area contributed by atoms with Crippen LogP contribution in [-0.4, -0.2) is 39.9 Å². The van der Waals surface area contributed by atoms with E-state index in [1.54, 1.807) is 0 Å². The summed E-state index contributed by atoms with van der Waals surface area (Å²) >= 11 is 0. The van der Waals surface area contributed by atoms with Crippen LogP contribution in [0.3, 0.4) is 0 Å². The Kier molecular flexibility index (Phi) is 8.92. The smallest absolute Gasteiger partial charge is 0.307 e. The van der Waals surface area contributed by atoms with Crippen LogP contribution in [-0.2, 0) is 13.6 Å². The molecule has 1 N–H and O–H groups in total. The summed E-state index contributed by atoms with van der Waals surface area (Å²) in [6.45, 7) is 25.6. The number of hydrogen-bond acceptors (Lipinski definition) is 3. The van der Waals surface area contributed by atoms with Crippen LogP contribution < -0.4 is 0 Å². The molecule has 0 radical (unpaired) electrons. The fourth-order valence-electron chi connectivity index (χ4n) is 6.50. The zero-order valence-corrected chi connectivity index (χ0v) is 27.8. The van der Waals surface area contributed by atoms with Crippen molar-refractivity contribution in [3.8, 4) is 0 Å². The molecule has 4 nitrogen and oxygen atoms in total. The molecule has 0 amide bonds. The molecule has 0 spiro atoms. The molecule has 0 heterocycles. The van der Waals surface area contributed by atoms with Crippen LogP contribution >= 0.6 is 0 Å². The lowest BCUT2D eigenvalue weighted by molar-refractivity contribution is -0.146. The Morgan fingerprint density at radius 1 is 0.919 bits per heavy atom. The highest BCUT2D eigenvalue weighted by Gasteiger charge is 2.52. The zero-order valence-electron chi connectivity index (χ0n) is 25.8. The molecule has 5 atom stereocenters. The van der Waals surface area contributed by atoms with E-state index in [1.807, 2.05) is 0 Å². The number of hydrogen-bond donors (Lipinski definition) is 1. The fraction of sp³-hybridized carbons (Fsp3) is 0.839. The van der Waals surface area contributed by atoms with Gasteiger partial charge in [0.15, 0.2) is 16.6 Å². The van der Waals surface area contributed by atoms with Crippen LogP contribution in [0.15, 0.2) is 23.3 Å². The first kappa shape index (κ1) is 30.8. The molecule has 0 aromatic carbocycles. The maximum atomic E-state index is 12.0. The van der Waals surface area contributed by atoms with Crippen molar-refractivity contribution < 1.29 is 18.8 Å². The van der Waals surface area contributed by atoms with Crippen molar-refractivity contribution in [2.75, 3.05) is 0 Å². The van der Waals surface area contributed by atoms with E-state index in [1.165, 1.54) is 11.1 Å². The molecule has 3 aliphatic carbocycles. The monoisotopic (exact) mass is 548 g/mol. The van der Waals surface area contributed by atoms with Crippen LogP contribution in [0, 0.1) is 17.3 Å². The number of allylic oxidation sites excluding steroid dienone is 3. The van der Waals surface area contributed by atoms with Crippen LogP contribution in [0.5, 0.6) is 0 Å². The highest BCUT2D eigenvalue weighted by atomic mass is 28.4. The van der Waals surface area contributed by atoms with E-state index in [9.17, 15) is 9.90 Å². The van der Waals surface area contributed by atoms with Gasteiger partial charge in [-0.3, -0.25) is 4.79 Å². The summed E-state index contributed by atoms with van der Waals surface area (Å²) in [6, 6.07) is 0. The highest BCUT2D eigenvalue weighted by molar-refractivity contribution is 6.74. The van der Waals surface area contributed by atoms with Gasteiger partial charge in [0, 0.05) is 0 Å². The average Bonchev–Trinajstić information content (AvgIpc) is 3.07. The van der Waals surface area contributed by atoms with E-state index in [4.69, 9.17) is 8.85 Å². The zero-order chi connectivity index (χ0) is 28.0. The number of carboxylic acid groups (broad SMARTS) is 1. The predicted octanol–water partition coefficient (Wildman–Crippen LogP) is 9.10. The molecule has 3 fully saturated rings. The van der Waals surface area contributed by atoms with Gasteiger partial charge in [0.05, 0.1) is 18.1 Å². The fourth-order valence-corrected chi connectivity index (χ4v) is 9.23. The maximum absolute atomic E-state index is 12.0. The van der Waals surface area contributed by atoms with Crippen molar-refractivity contribution in [1.82, 2.24) is 0 Å². The quantitative estimate of drug-likeness (QED) is 0.336. The topological polar surface area (TPSA) is 55.8 Å². The third kappa shape index (κ3) is 6.73. The maximum Gasteiger partial charge on any atom is 0.307 e. The molecule has 3 saturated carbocycles. The highest BCUT2D eigenvalue weighted by Crippen LogP contribution is 2.57. The van der Waals surface area contributed by atoms with Gasteiger partial charge in [-0.2, -0.15) is 0 Å². The van der Waals surface area contributed by atoms with Crippen molar-refractivity contribution in [2.24, 2.45) is 17.3 Å². The molecule has 212 valence electrons. The van der Waals surface area contributed by atoms with Gasteiger partial charge in [-0.25, -0.2) is 0 Å². The second-order valence-corrected chi connectivity index (χ2v) is 25.1. The Bertz CT molecular complexity index is 867. The SMILES string of the molecule is CC(C)(C)[Si](C)(C)O[C@@H]1CC(=CC=C2CCC[C@]3(C)[C@@H](C(=O)O)CC[C@@H]23)C[C@@H](O[Si](C)(C)C(C)(C)C)C1. The van der Waals surface area contributed by atoms with E-state index >= 15 is 0 Å². The molecule has 0 aromatic heterocycles. The normalized spacial score (nSPS) is 32.9. The largest absolute Gasteiger partial charge is 0.481 e. The van der Waals surface area contributed by atoms with Gasteiger partial charge in [0.2, 0.25) is 0 Å². The van der Waals surface area contributed by atoms with Gasteiger partial charge >= 0.3 is 5.97 Å². The second kappa shape index (κ2) is 10.7. The molecule has 3 aliphatic rings. The van der Waals surface area contributed by atoms with E-state index < -0.39 is 22.6 Å². The Morgan fingerprint density at radius 2 is 1.43 bits per heavy atom. The minimum Gasteiger partial charge on any atom is -0.481 e.